The van der Waals surface area contributed by atoms with Gasteiger partial charge in [0.15, 0.2) is 4.99 Å². The minimum absolute atomic E-state index is 0.115. The highest BCUT2D eigenvalue weighted by Crippen LogP contribution is 2.41. The number of carbonyl (C=O) groups excluding carboxylic acids is 1. The van der Waals surface area contributed by atoms with Crippen molar-refractivity contribution in [1.82, 2.24) is 10.6 Å². The van der Waals surface area contributed by atoms with Crippen molar-refractivity contribution in [2.75, 3.05) is 0 Å². The van der Waals surface area contributed by atoms with Gasteiger partial charge in [0.25, 0.3) is 0 Å². The lowest BCUT2D eigenvalue weighted by Gasteiger charge is -2.30. The van der Waals surface area contributed by atoms with Crippen LogP contribution in [0.15, 0.2) is 77.1 Å². The molecule has 11 heteroatoms. The molecular weight excluding hydrogens is 514 g/mol. The monoisotopic (exact) mass is 535 g/mol. The first-order valence-electron chi connectivity index (χ1n) is 10.3. The van der Waals surface area contributed by atoms with Crippen LogP contribution in [0.4, 0.5) is 0 Å². The number of amides is 1. The van der Waals surface area contributed by atoms with Crippen molar-refractivity contribution in [1.29, 1.82) is 0 Å². The van der Waals surface area contributed by atoms with Gasteiger partial charge in [0.2, 0.25) is 5.91 Å². The van der Waals surface area contributed by atoms with Crippen molar-refractivity contribution in [3.8, 4) is 5.75 Å². The van der Waals surface area contributed by atoms with Crippen LogP contribution in [-0.2, 0) is 32.9 Å². The SMILES string of the molecule is NS(=O)(=O)Oc1ccc(CCC2=CS[C@@](NC(=O)Cc3cccc(Cl)c3)(c3cccs3)N2)cc1. The number of allylic oxidation sites excluding steroid dienone is 1. The van der Waals surface area contributed by atoms with Crippen LogP contribution in [0.2, 0.25) is 5.02 Å². The highest BCUT2D eigenvalue weighted by atomic mass is 35.5. The number of aryl methyl sites for hydroxylation is 1. The van der Waals surface area contributed by atoms with E-state index in [1.54, 1.807) is 47.7 Å². The third-order valence-corrected chi connectivity index (χ3v) is 7.93. The smallest absolute Gasteiger partial charge is 0.371 e. The highest BCUT2D eigenvalue weighted by molar-refractivity contribution is 8.03. The quantitative estimate of drug-likeness (QED) is 0.377. The number of hydrogen-bond acceptors (Lipinski definition) is 7. The average molecular weight is 536 g/mol. The summed E-state index contributed by atoms with van der Waals surface area (Å²) in [4.78, 5) is 13.1. The standard InChI is InChI=1S/C23H22ClN3O4S3/c24-18-4-1-3-17(13-18)14-22(28)27-23(21-5-2-12-32-21)26-19(15-33-23)9-6-16-7-10-20(11-8-16)31-34(25,29)30/h1-5,7-8,10-13,15,26H,6,9,14H2,(H,27,28)(H2,25,29,30)/t23-/m0/s1. The normalized spacial score (nSPS) is 17.6. The van der Waals surface area contributed by atoms with Crippen LogP contribution in [0, 0.1) is 0 Å². The number of nitrogens with one attached hydrogen (secondary N) is 2. The van der Waals surface area contributed by atoms with Crippen molar-refractivity contribution in [2.45, 2.75) is 24.3 Å². The highest BCUT2D eigenvalue weighted by Gasteiger charge is 2.39. The van der Waals surface area contributed by atoms with Gasteiger partial charge in [-0.1, -0.05) is 53.7 Å². The molecule has 1 aliphatic rings. The van der Waals surface area contributed by atoms with E-state index in [-0.39, 0.29) is 18.1 Å². The summed E-state index contributed by atoms with van der Waals surface area (Å²) in [6.45, 7) is 0. The Bertz CT molecular complexity index is 1300. The van der Waals surface area contributed by atoms with E-state index in [0.717, 1.165) is 21.7 Å². The molecule has 0 saturated carbocycles. The van der Waals surface area contributed by atoms with E-state index in [9.17, 15) is 13.2 Å². The maximum Gasteiger partial charge on any atom is 0.380 e. The first-order chi connectivity index (χ1) is 16.2. The molecule has 1 aliphatic heterocycles. The number of nitrogens with two attached hydrogens (primary N) is 1. The Balaban J connectivity index is 1.39. The fourth-order valence-electron chi connectivity index (χ4n) is 3.48. The molecule has 178 valence electrons. The zero-order chi connectivity index (χ0) is 24.2. The Morgan fingerprint density at radius 2 is 1.88 bits per heavy atom. The van der Waals surface area contributed by atoms with Crippen LogP contribution in [-0.4, -0.2) is 14.3 Å². The van der Waals surface area contributed by atoms with Crippen molar-refractivity contribution >= 4 is 50.9 Å². The summed E-state index contributed by atoms with van der Waals surface area (Å²) < 4.78 is 26.7. The molecule has 1 amide bonds. The van der Waals surface area contributed by atoms with E-state index >= 15 is 0 Å². The molecule has 34 heavy (non-hydrogen) atoms. The Kier molecular flexibility index (Phi) is 7.54. The number of hydrogen-bond donors (Lipinski definition) is 3. The van der Waals surface area contributed by atoms with E-state index in [1.807, 2.05) is 35.1 Å². The van der Waals surface area contributed by atoms with Crippen LogP contribution in [0.5, 0.6) is 5.75 Å². The lowest BCUT2D eigenvalue weighted by molar-refractivity contribution is -0.121. The molecule has 4 rings (SSSR count). The molecule has 0 radical (unpaired) electrons. The van der Waals surface area contributed by atoms with Gasteiger partial charge in [-0.3, -0.25) is 4.79 Å². The zero-order valence-corrected chi connectivity index (χ0v) is 21.1. The maximum atomic E-state index is 12.9. The minimum atomic E-state index is -4.04. The molecule has 0 bridgehead atoms. The number of carbonyl (C=O) groups is 1. The number of thioether (sulfide) groups is 1. The van der Waals surface area contributed by atoms with Gasteiger partial charge in [0.05, 0.1) is 11.3 Å². The summed E-state index contributed by atoms with van der Waals surface area (Å²) in [6, 6.07) is 17.9. The molecule has 2 heterocycles. The average Bonchev–Trinajstić information content (AvgIpc) is 3.43. The first kappa shape index (κ1) is 24.6. The molecule has 1 atom stereocenters. The van der Waals surface area contributed by atoms with Crippen LogP contribution in [0.1, 0.15) is 22.4 Å². The molecular formula is C23H22ClN3O4S3. The van der Waals surface area contributed by atoms with Gasteiger partial charge in [-0.05, 0) is 65.1 Å². The molecule has 0 fully saturated rings. The maximum absolute atomic E-state index is 12.9. The summed E-state index contributed by atoms with van der Waals surface area (Å²) >= 11 is 9.14. The van der Waals surface area contributed by atoms with Crippen molar-refractivity contribution in [3.05, 3.63) is 98.2 Å². The Morgan fingerprint density at radius 3 is 2.56 bits per heavy atom. The molecule has 0 saturated heterocycles. The van der Waals surface area contributed by atoms with Gasteiger partial charge in [-0.2, -0.15) is 13.6 Å². The molecule has 0 spiro atoms. The summed E-state index contributed by atoms with van der Waals surface area (Å²) in [6.07, 6.45) is 1.64. The Morgan fingerprint density at radius 1 is 1.09 bits per heavy atom. The molecule has 0 aliphatic carbocycles. The second kappa shape index (κ2) is 10.4. The molecule has 0 unspecified atom stereocenters. The number of thiophene rings is 1. The van der Waals surface area contributed by atoms with E-state index in [1.165, 1.54) is 11.8 Å². The molecule has 7 nitrogen and oxygen atoms in total. The van der Waals surface area contributed by atoms with Crippen LogP contribution in [0.25, 0.3) is 0 Å². The molecule has 4 N–H and O–H groups in total. The number of rotatable bonds is 9. The second-order valence-electron chi connectivity index (χ2n) is 7.62. The first-order valence-corrected chi connectivity index (χ1v) is 13.9. The van der Waals surface area contributed by atoms with Gasteiger partial charge in [-0.25, -0.2) is 0 Å². The van der Waals surface area contributed by atoms with Gasteiger partial charge in [0.1, 0.15) is 5.75 Å². The van der Waals surface area contributed by atoms with Gasteiger partial charge < -0.3 is 14.8 Å². The van der Waals surface area contributed by atoms with Crippen molar-refractivity contribution < 1.29 is 17.4 Å². The molecule has 2 aromatic carbocycles. The summed E-state index contributed by atoms with van der Waals surface area (Å²) in [7, 11) is -4.04. The van der Waals surface area contributed by atoms with Gasteiger partial charge >= 0.3 is 10.3 Å². The number of halogens is 1. The summed E-state index contributed by atoms with van der Waals surface area (Å²) in [5.41, 5.74) is 2.84. The lowest BCUT2D eigenvalue weighted by atomic mass is 10.1. The van der Waals surface area contributed by atoms with E-state index in [4.69, 9.17) is 16.7 Å². The predicted octanol–water partition coefficient (Wildman–Crippen LogP) is 4.26. The lowest BCUT2D eigenvalue weighted by Crippen LogP contribution is -2.51. The van der Waals surface area contributed by atoms with Crippen LogP contribution in [0.3, 0.4) is 0 Å². The fraction of sp³-hybridized carbons (Fsp3) is 0.174. The molecule has 1 aromatic heterocycles. The largest absolute Gasteiger partial charge is 0.380 e. The second-order valence-corrected chi connectivity index (χ2v) is 11.2. The number of benzene rings is 2. The van der Waals surface area contributed by atoms with Crippen LogP contribution < -0.4 is 20.0 Å². The molecule has 3 aromatic rings. The Hall–Kier alpha value is -2.50. The summed E-state index contributed by atoms with van der Waals surface area (Å²) in [5.74, 6) is 0.0508. The third kappa shape index (κ3) is 6.55. The van der Waals surface area contributed by atoms with E-state index < -0.39 is 15.3 Å². The topological polar surface area (TPSA) is 111 Å². The van der Waals surface area contributed by atoms with Crippen molar-refractivity contribution in [2.24, 2.45) is 5.14 Å². The van der Waals surface area contributed by atoms with Gasteiger partial charge in [-0.15, -0.1) is 11.3 Å². The van der Waals surface area contributed by atoms with E-state index in [2.05, 4.69) is 14.8 Å². The summed E-state index contributed by atoms with van der Waals surface area (Å²) in [5, 5.41) is 16.2. The van der Waals surface area contributed by atoms with Crippen molar-refractivity contribution in [3.63, 3.8) is 0 Å². The van der Waals surface area contributed by atoms with Crippen LogP contribution >= 0.6 is 34.7 Å². The zero-order valence-electron chi connectivity index (χ0n) is 17.9. The third-order valence-electron chi connectivity index (χ3n) is 4.97. The Labute approximate surface area is 211 Å². The fourth-order valence-corrected chi connectivity index (χ4v) is 6.14. The van der Waals surface area contributed by atoms with Gasteiger partial charge in [0, 0.05) is 10.7 Å². The minimum Gasteiger partial charge on any atom is -0.371 e. The predicted molar refractivity (Wildman–Crippen MR) is 137 cm³/mol. The van der Waals surface area contributed by atoms with E-state index in [0.29, 0.717) is 17.9 Å².